The number of imide groups is 1. The van der Waals surface area contributed by atoms with Gasteiger partial charge in [0.2, 0.25) is 11.8 Å². The van der Waals surface area contributed by atoms with Gasteiger partial charge in [0.1, 0.15) is 18.9 Å². The van der Waals surface area contributed by atoms with Crippen LogP contribution >= 0.6 is 11.6 Å². The SMILES string of the molecule is CO/N=C(\Cc1ccc(C)c(Cl)c1)C(=O)NCc1ccc2c(c1)CN(C1CCC(=O)NC1=O)C2=O. The van der Waals surface area contributed by atoms with Crippen LogP contribution in [0.3, 0.4) is 0 Å². The summed E-state index contributed by atoms with van der Waals surface area (Å²) in [6.07, 6.45) is 0.758. The Morgan fingerprint density at radius 3 is 2.69 bits per heavy atom. The van der Waals surface area contributed by atoms with Crippen molar-refractivity contribution in [2.45, 2.75) is 45.3 Å². The van der Waals surface area contributed by atoms with E-state index in [1.54, 1.807) is 18.2 Å². The number of halogens is 1. The third kappa shape index (κ3) is 5.35. The smallest absolute Gasteiger partial charge is 0.269 e. The Bertz CT molecular complexity index is 1240. The van der Waals surface area contributed by atoms with E-state index in [0.717, 1.165) is 22.3 Å². The van der Waals surface area contributed by atoms with E-state index < -0.39 is 11.9 Å². The van der Waals surface area contributed by atoms with Crippen LogP contribution in [0, 0.1) is 6.92 Å². The summed E-state index contributed by atoms with van der Waals surface area (Å²) in [5, 5.41) is 9.61. The zero-order chi connectivity index (χ0) is 25.1. The van der Waals surface area contributed by atoms with Crippen LogP contribution in [-0.4, -0.2) is 47.4 Å². The molecule has 1 unspecified atom stereocenters. The minimum absolute atomic E-state index is 0.202. The topological polar surface area (TPSA) is 117 Å². The molecule has 2 aromatic carbocycles. The van der Waals surface area contributed by atoms with Gasteiger partial charge in [0.25, 0.3) is 11.8 Å². The summed E-state index contributed by atoms with van der Waals surface area (Å²) in [5.74, 6) is -1.40. The van der Waals surface area contributed by atoms with Crippen LogP contribution < -0.4 is 10.6 Å². The number of piperidine rings is 1. The van der Waals surface area contributed by atoms with Gasteiger partial charge in [-0.25, -0.2) is 0 Å². The van der Waals surface area contributed by atoms with Crippen LogP contribution in [0.5, 0.6) is 0 Å². The molecule has 0 spiro atoms. The number of carbonyl (C=O) groups excluding carboxylic acids is 4. The zero-order valence-electron chi connectivity index (χ0n) is 19.4. The van der Waals surface area contributed by atoms with Crippen LogP contribution in [-0.2, 0) is 38.7 Å². The Hall–Kier alpha value is -3.72. The molecule has 2 aromatic rings. The Kier molecular flexibility index (Phi) is 7.16. The average Bonchev–Trinajstić information content (AvgIpc) is 3.15. The first kappa shape index (κ1) is 24.4. The van der Waals surface area contributed by atoms with Gasteiger partial charge in [-0.05, 0) is 47.7 Å². The maximum Gasteiger partial charge on any atom is 0.269 e. The van der Waals surface area contributed by atoms with Crippen LogP contribution in [0.2, 0.25) is 5.02 Å². The molecule has 2 aliphatic rings. The molecule has 2 N–H and O–H groups in total. The number of rotatable bonds is 7. The lowest BCUT2D eigenvalue weighted by atomic mass is 10.0. The summed E-state index contributed by atoms with van der Waals surface area (Å²) < 4.78 is 0. The fourth-order valence-corrected chi connectivity index (χ4v) is 4.43. The summed E-state index contributed by atoms with van der Waals surface area (Å²) in [7, 11) is 1.38. The van der Waals surface area contributed by atoms with Crippen molar-refractivity contribution in [1.29, 1.82) is 0 Å². The van der Waals surface area contributed by atoms with Gasteiger partial charge in [-0.15, -0.1) is 0 Å². The highest BCUT2D eigenvalue weighted by atomic mass is 35.5. The normalized spacial score (nSPS) is 17.8. The van der Waals surface area contributed by atoms with Crippen molar-refractivity contribution in [2.75, 3.05) is 7.11 Å². The van der Waals surface area contributed by atoms with E-state index in [4.69, 9.17) is 16.4 Å². The minimum atomic E-state index is -0.668. The first-order chi connectivity index (χ1) is 16.8. The molecule has 1 fully saturated rings. The van der Waals surface area contributed by atoms with Gasteiger partial charge >= 0.3 is 0 Å². The maximum absolute atomic E-state index is 12.8. The molecule has 2 heterocycles. The molecule has 1 saturated heterocycles. The van der Waals surface area contributed by atoms with E-state index in [1.165, 1.54) is 12.0 Å². The molecule has 0 aromatic heterocycles. The molecule has 35 heavy (non-hydrogen) atoms. The van der Waals surface area contributed by atoms with Gasteiger partial charge in [0.15, 0.2) is 0 Å². The Balaban J connectivity index is 1.41. The molecule has 0 bridgehead atoms. The number of hydrogen-bond donors (Lipinski definition) is 2. The molecule has 4 amide bonds. The lowest BCUT2D eigenvalue weighted by Crippen LogP contribution is -2.52. The number of nitrogens with zero attached hydrogens (tertiary/aromatic N) is 2. The van der Waals surface area contributed by atoms with Gasteiger partial charge in [0, 0.05) is 36.5 Å². The summed E-state index contributed by atoms with van der Waals surface area (Å²) in [5.41, 5.74) is 4.06. The minimum Gasteiger partial charge on any atom is -0.399 e. The Morgan fingerprint density at radius 2 is 1.97 bits per heavy atom. The van der Waals surface area contributed by atoms with Crippen molar-refractivity contribution in [1.82, 2.24) is 15.5 Å². The van der Waals surface area contributed by atoms with Crippen molar-refractivity contribution in [3.8, 4) is 0 Å². The predicted molar refractivity (Wildman–Crippen MR) is 129 cm³/mol. The van der Waals surface area contributed by atoms with Crippen molar-refractivity contribution < 1.29 is 24.0 Å². The number of hydrogen-bond acceptors (Lipinski definition) is 6. The second-order valence-electron chi connectivity index (χ2n) is 8.55. The first-order valence-corrected chi connectivity index (χ1v) is 11.5. The van der Waals surface area contributed by atoms with Crippen molar-refractivity contribution in [3.05, 3.63) is 69.2 Å². The summed E-state index contributed by atoms with van der Waals surface area (Å²) >= 11 is 6.19. The second kappa shape index (κ2) is 10.3. The highest BCUT2D eigenvalue weighted by Crippen LogP contribution is 2.28. The lowest BCUT2D eigenvalue weighted by Gasteiger charge is -2.29. The molecule has 2 aliphatic heterocycles. The highest BCUT2D eigenvalue weighted by Gasteiger charge is 2.39. The van der Waals surface area contributed by atoms with Crippen molar-refractivity contribution >= 4 is 40.9 Å². The highest BCUT2D eigenvalue weighted by molar-refractivity contribution is 6.39. The van der Waals surface area contributed by atoms with Crippen molar-refractivity contribution in [2.24, 2.45) is 5.16 Å². The second-order valence-corrected chi connectivity index (χ2v) is 8.96. The van der Waals surface area contributed by atoms with Gasteiger partial charge in [0.05, 0.1) is 0 Å². The van der Waals surface area contributed by atoms with Gasteiger partial charge in [-0.1, -0.05) is 41.0 Å². The average molecular weight is 497 g/mol. The van der Waals surface area contributed by atoms with Crippen LogP contribution in [0.15, 0.2) is 41.6 Å². The largest absolute Gasteiger partial charge is 0.399 e. The third-order valence-corrected chi connectivity index (χ3v) is 6.52. The molecular weight excluding hydrogens is 472 g/mol. The van der Waals surface area contributed by atoms with Gasteiger partial charge in [-0.3, -0.25) is 24.5 Å². The summed E-state index contributed by atoms with van der Waals surface area (Å²) in [6.45, 7) is 2.39. The van der Waals surface area contributed by atoms with Crippen LogP contribution in [0.1, 0.15) is 45.5 Å². The Morgan fingerprint density at radius 1 is 1.20 bits per heavy atom. The fourth-order valence-electron chi connectivity index (χ4n) is 4.23. The molecule has 0 radical (unpaired) electrons. The molecule has 0 saturated carbocycles. The molecule has 9 nitrogen and oxygen atoms in total. The van der Waals surface area contributed by atoms with E-state index in [-0.39, 0.29) is 49.4 Å². The quantitative estimate of drug-likeness (QED) is 0.346. The summed E-state index contributed by atoms with van der Waals surface area (Å²) in [4.78, 5) is 55.6. The van der Waals surface area contributed by atoms with E-state index in [9.17, 15) is 19.2 Å². The monoisotopic (exact) mass is 496 g/mol. The number of nitrogens with one attached hydrogen (secondary N) is 2. The third-order valence-electron chi connectivity index (χ3n) is 6.11. The van der Waals surface area contributed by atoms with Gasteiger partial charge < -0.3 is 15.1 Å². The predicted octanol–water partition coefficient (Wildman–Crippen LogP) is 2.27. The van der Waals surface area contributed by atoms with E-state index in [1.807, 2.05) is 25.1 Å². The fraction of sp³-hybridized carbons (Fsp3) is 0.320. The van der Waals surface area contributed by atoms with E-state index >= 15 is 0 Å². The molecule has 1 atom stereocenters. The number of benzene rings is 2. The standard InChI is InChI=1S/C25H25ClN4O5/c1-14-3-4-15(10-19(14)26)11-20(29-35-2)23(32)27-12-16-5-6-18-17(9-16)13-30(25(18)34)21-7-8-22(31)28-24(21)33/h3-6,9-10,21H,7-8,11-13H2,1-2H3,(H,27,32)(H,28,31,33)/b29-20+. The zero-order valence-corrected chi connectivity index (χ0v) is 20.1. The van der Waals surface area contributed by atoms with E-state index in [2.05, 4.69) is 15.8 Å². The number of carbonyl (C=O) groups is 4. The first-order valence-electron chi connectivity index (χ1n) is 11.2. The number of fused-ring (bicyclic) bond motifs is 1. The van der Waals surface area contributed by atoms with Crippen LogP contribution in [0.4, 0.5) is 0 Å². The number of aryl methyl sites for hydroxylation is 1. The maximum atomic E-state index is 12.8. The van der Waals surface area contributed by atoms with E-state index in [0.29, 0.717) is 17.0 Å². The molecule has 10 heteroatoms. The molecule has 182 valence electrons. The van der Waals surface area contributed by atoms with Crippen LogP contribution in [0.25, 0.3) is 0 Å². The molecular formula is C25H25ClN4O5. The Labute approximate surface area is 207 Å². The number of oxime groups is 1. The number of amides is 4. The molecule has 4 rings (SSSR count). The lowest BCUT2D eigenvalue weighted by molar-refractivity contribution is -0.137. The van der Waals surface area contributed by atoms with Crippen molar-refractivity contribution in [3.63, 3.8) is 0 Å². The van der Waals surface area contributed by atoms with Gasteiger partial charge in [-0.2, -0.15) is 0 Å². The molecule has 0 aliphatic carbocycles. The summed E-state index contributed by atoms with van der Waals surface area (Å²) in [6, 6.07) is 10.2.